The molecule has 1 saturated carbocycles. The first kappa shape index (κ1) is 13.7. The Kier molecular flexibility index (Phi) is 4.30. The van der Waals surface area contributed by atoms with Gasteiger partial charge in [0.15, 0.2) is 11.5 Å². The minimum Gasteiger partial charge on any atom is -0.493 e. The molecule has 0 radical (unpaired) electrons. The summed E-state index contributed by atoms with van der Waals surface area (Å²) in [5.41, 5.74) is 0.559. The van der Waals surface area contributed by atoms with Gasteiger partial charge in [-0.25, -0.2) is 0 Å². The Bertz CT molecular complexity index is 453. The van der Waals surface area contributed by atoms with Crippen molar-refractivity contribution in [2.75, 3.05) is 27.8 Å². The van der Waals surface area contributed by atoms with Gasteiger partial charge in [0.1, 0.15) is 0 Å². The Morgan fingerprint density at radius 1 is 1.37 bits per heavy atom. The normalized spacial score (nSPS) is 14.7. The number of amides is 1. The molecule has 4 nitrogen and oxygen atoms in total. The topological polar surface area (TPSA) is 38.8 Å². The molecule has 0 bridgehead atoms. The SMILES string of the molecule is COc1cccc(C(=O)N(C)C)c1OCC1CCC1. The Labute approximate surface area is 114 Å². The third-order valence-electron chi connectivity index (χ3n) is 3.52. The van der Waals surface area contributed by atoms with E-state index in [0.717, 1.165) is 0 Å². The number of hydrogen-bond acceptors (Lipinski definition) is 3. The summed E-state index contributed by atoms with van der Waals surface area (Å²) in [6, 6.07) is 5.41. The van der Waals surface area contributed by atoms with Crippen LogP contribution < -0.4 is 9.47 Å². The van der Waals surface area contributed by atoms with Gasteiger partial charge >= 0.3 is 0 Å². The number of para-hydroxylation sites is 1. The number of nitrogens with zero attached hydrogens (tertiary/aromatic N) is 1. The number of ether oxygens (including phenoxy) is 2. The minimum absolute atomic E-state index is 0.0671. The molecule has 0 N–H and O–H groups in total. The molecule has 1 fully saturated rings. The third kappa shape index (κ3) is 3.00. The van der Waals surface area contributed by atoms with Crippen LogP contribution in [0, 0.1) is 5.92 Å². The van der Waals surface area contributed by atoms with Crippen LogP contribution in [0.4, 0.5) is 0 Å². The quantitative estimate of drug-likeness (QED) is 0.819. The fourth-order valence-electron chi connectivity index (χ4n) is 2.10. The van der Waals surface area contributed by atoms with Gasteiger partial charge in [-0.15, -0.1) is 0 Å². The largest absolute Gasteiger partial charge is 0.493 e. The van der Waals surface area contributed by atoms with Crippen molar-refractivity contribution in [3.63, 3.8) is 0 Å². The van der Waals surface area contributed by atoms with E-state index >= 15 is 0 Å². The van der Waals surface area contributed by atoms with Crippen molar-refractivity contribution >= 4 is 5.91 Å². The number of hydrogen-bond donors (Lipinski definition) is 0. The summed E-state index contributed by atoms with van der Waals surface area (Å²) in [4.78, 5) is 13.7. The van der Waals surface area contributed by atoms with E-state index in [1.807, 2.05) is 12.1 Å². The fraction of sp³-hybridized carbons (Fsp3) is 0.533. The van der Waals surface area contributed by atoms with Crippen LogP contribution in [0.2, 0.25) is 0 Å². The first-order chi connectivity index (χ1) is 9.13. The van der Waals surface area contributed by atoms with E-state index in [2.05, 4.69) is 0 Å². The summed E-state index contributed by atoms with van der Waals surface area (Å²) >= 11 is 0. The average Bonchev–Trinajstić information content (AvgIpc) is 2.35. The van der Waals surface area contributed by atoms with E-state index in [1.165, 1.54) is 19.3 Å². The van der Waals surface area contributed by atoms with Crippen molar-refractivity contribution < 1.29 is 14.3 Å². The van der Waals surface area contributed by atoms with Gasteiger partial charge in [0, 0.05) is 14.1 Å². The van der Waals surface area contributed by atoms with E-state index in [1.54, 1.807) is 32.2 Å². The summed E-state index contributed by atoms with van der Waals surface area (Å²) in [5.74, 6) is 1.73. The van der Waals surface area contributed by atoms with Gasteiger partial charge in [-0.2, -0.15) is 0 Å². The highest BCUT2D eigenvalue weighted by Crippen LogP contribution is 2.34. The maximum atomic E-state index is 12.2. The Morgan fingerprint density at radius 2 is 2.11 bits per heavy atom. The summed E-state index contributed by atoms with van der Waals surface area (Å²) in [7, 11) is 5.06. The average molecular weight is 263 g/mol. The monoisotopic (exact) mass is 263 g/mol. The molecule has 0 spiro atoms. The number of methoxy groups -OCH3 is 1. The minimum atomic E-state index is -0.0671. The lowest BCUT2D eigenvalue weighted by atomic mass is 9.86. The van der Waals surface area contributed by atoms with Crippen LogP contribution in [0.25, 0.3) is 0 Å². The zero-order valence-electron chi connectivity index (χ0n) is 11.8. The molecule has 4 heteroatoms. The molecule has 1 aliphatic rings. The molecular formula is C15H21NO3. The van der Waals surface area contributed by atoms with E-state index in [0.29, 0.717) is 29.6 Å². The van der Waals surface area contributed by atoms with Crippen LogP contribution in [-0.2, 0) is 0 Å². The second kappa shape index (κ2) is 5.95. The Hall–Kier alpha value is -1.71. The number of rotatable bonds is 5. The zero-order chi connectivity index (χ0) is 13.8. The van der Waals surface area contributed by atoms with E-state index in [-0.39, 0.29) is 5.91 Å². The van der Waals surface area contributed by atoms with Gasteiger partial charge in [0.05, 0.1) is 19.3 Å². The lowest BCUT2D eigenvalue weighted by Gasteiger charge is -2.26. The maximum absolute atomic E-state index is 12.2. The van der Waals surface area contributed by atoms with Crippen LogP contribution in [0.1, 0.15) is 29.6 Å². The van der Waals surface area contributed by atoms with Crippen molar-refractivity contribution in [3.05, 3.63) is 23.8 Å². The summed E-state index contributed by atoms with van der Waals surface area (Å²) in [5, 5.41) is 0. The van der Waals surface area contributed by atoms with Crippen LogP contribution in [0.5, 0.6) is 11.5 Å². The van der Waals surface area contributed by atoms with Crippen molar-refractivity contribution in [1.29, 1.82) is 0 Å². The van der Waals surface area contributed by atoms with Gasteiger partial charge in [0.25, 0.3) is 5.91 Å². The molecule has 1 aromatic rings. The van der Waals surface area contributed by atoms with Crippen molar-refractivity contribution in [2.24, 2.45) is 5.92 Å². The highest BCUT2D eigenvalue weighted by molar-refractivity contribution is 5.97. The smallest absolute Gasteiger partial charge is 0.257 e. The second-order valence-corrected chi connectivity index (χ2v) is 5.14. The van der Waals surface area contributed by atoms with Crippen LogP contribution in [0.15, 0.2) is 18.2 Å². The van der Waals surface area contributed by atoms with Gasteiger partial charge < -0.3 is 14.4 Å². The van der Waals surface area contributed by atoms with Crippen LogP contribution in [0.3, 0.4) is 0 Å². The molecule has 1 amide bonds. The van der Waals surface area contributed by atoms with E-state index < -0.39 is 0 Å². The number of carbonyl (C=O) groups is 1. The lowest BCUT2D eigenvalue weighted by molar-refractivity contribution is 0.0819. The van der Waals surface area contributed by atoms with E-state index in [9.17, 15) is 4.79 Å². The Morgan fingerprint density at radius 3 is 2.63 bits per heavy atom. The van der Waals surface area contributed by atoms with Gasteiger partial charge in [-0.05, 0) is 30.9 Å². The van der Waals surface area contributed by atoms with Crippen molar-refractivity contribution in [3.8, 4) is 11.5 Å². The van der Waals surface area contributed by atoms with Gasteiger partial charge in [0.2, 0.25) is 0 Å². The van der Waals surface area contributed by atoms with Gasteiger partial charge in [-0.3, -0.25) is 4.79 Å². The third-order valence-corrected chi connectivity index (χ3v) is 3.52. The standard InChI is InChI=1S/C15H21NO3/c1-16(2)15(17)12-8-5-9-13(18-3)14(12)19-10-11-6-4-7-11/h5,8-9,11H,4,6-7,10H2,1-3H3. The van der Waals surface area contributed by atoms with Crippen molar-refractivity contribution in [1.82, 2.24) is 4.90 Å². The molecule has 1 aliphatic carbocycles. The molecular weight excluding hydrogens is 242 g/mol. The molecule has 2 rings (SSSR count). The molecule has 19 heavy (non-hydrogen) atoms. The van der Waals surface area contributed by atoms with Crippen LogP contribution in [-0.4, -0.2) is 38.6 Å². The van der Waals surface area contributed by atoms with Gasteiger partial charge in [-0.1, -0.05) is 12.5 Å². The van der Waals surface area contributed by atoms with E-state index in [4.69, 9.17) is 9.47 Å². The molecule has 0 atom stereocenters. The first-order valence-corrected chi connectivity index (χ1v) is 6.65. The van der Waals surface area contributed by atoms with Crippen molar-refractivity contribution in [2.45, 2.75) is 19.3 Å². The zero-order valence-corrected chi connectivity index (χ0v) is 11.8. The molecule has 0 unspecified atom stereocenters. The summed E-state index contributed by atoms with van der Waals surface area (Å²) in [6.45, 7) is 0.661. The Balaban J connectivity index is 2.22. The lowest BCUT2D eigenvalue weighted by Crippen LogP contribution is -2.24. The number of benzene rings is 1. The maximum Gasteiger partial charge on any atom is 0.257 e. The fourth-order valence-corrected chi connectivity index (χ4v) is 2.10. The molecule has 1 aromatic carbocycles. The molecule has 0 heterocycles. The molecule has 0 aliphatic heterocycles. The highest BCUT2D eigenvalue weighted by atomic mass is 16.5. The number of carbonyl (C=O) groups excluding carboxylic acids is 1. The second-order valence-electron chi connectivity index (χ2n) is 5.14. The molecule has 0 saturated heterocycles. The highest BCUT2D eigenvalue weighted by Gasteiger charge is 2.22. The summed E-state index contributed by atoms with van der Waals surface area (Å²) < 4.78 is 11.2. The predicted molar refractivity (Wildman–Crippen MR) is 73.8 cm³/mol. The predicted octanol–water partition coefficient (Wildman–Crippen LogP) is 2.58. The molecule has 104 valence electrons. The summed E-state index contributed by atoms with van der Waals surface area (Å²) in [6.07, 6.45) is 3.71. The molecule has 0 aromatic heterocycles. The first-order valence-electron chi connectivity index (χ1n) is 6.65. The van der Waals surface area contributed by atoms with Crippen LogP contribution >= 0.6 is 0 Å².